The summed E-state index contributed by atoms with van der Waals surface area (Å²) in [6.45, 7) is 1.73. The SMILES string of the molecule is CCOc1ccc([C@@H](CO[C@@H](Br)c2cccc(Oc3ccccc3)c2)C(F)(F)F)cc1. The average Bonchev–Trinajstić information content (AvgIpc) is 2.75. The molecule has 2 atom stereocenters. The van der Waals surface area contributed by atoms with Crippen LogP contribution >= 0.6 is 15.9 Å². The van der Waals surface area contributed by atoms with Crippen LogP contribution in [0.2, 0.25) is 0 Å². The van der Waals surface area contributed by atoms with Crippen LogP contribution in [0.5, 0.6) is 17.2 Å². The molecule has 3 nitrogen and oxygen atoms in total. The minimum absolute atomic E-state index is 0.122. The van der Waals surface area contributed by atoms with Gasteiger partial charge >= 0.3 is 6.18 Å². The smallest absolute Gasteiger partial charge is 0.397 e. The summed E-state index contributed by atoms with van der Waals surface area (Å²) in [5.41, 5.74) is 0.776. The van der Waals surface area contributed by atoms with Crippen molar-refractivity contribution in [1.29, 1.82) is 0 Å². The van der Waals surface area contributed by atoms with E-state index >= 15 is 0 Å². The van der Waals surface area contributed by atoms with Gasteiger partial charge in [0.2, 0.25) is 0 Å². The maximum Gasteiger partial charge on any atom is 0.397 e. The molecule has 3 aromatic carbocycles. The summed E-state index contributed by atoms with van der Waals surface area (Å²) in [6, 6.07) is 22.2. The molecule has 0 radical (unpaired) electrons. The summed E-state index contributed by atoms with van der Waals surface area (Å²) in [5, 5.41) is -0.723. The van der Waals surface area contributed by atoms with E-state index in [4.69, 9.17) is 14.2 Å². The van der Waals surface area contributed by atoms with Crippen LogP contribution in [0.4, 0.5) is 13.2 Å². The number of alkyl halides is 4. The maximum absolute atomic E-state index is 13.7. The molecule has 3 aromatic rings. The van der Waals surface area contributed by atoms with Gasteiger partial charge in [0.1, 0.15) is 28.2 Å². The molecule has 0 heterocycles. The number of halogens is 4. The fourth-order valence-electron chi connectivity index (χ4n) is 2.96. The van der Waals surface area contributed by atoms with Gasteiger partial charge in [0.15, 0.2) is 0 Å². The van der Waals surface area contributed by atoms with Crippen molar-refractivity contribution < 1.29 is 27.4 Å². The fourth-order valence-corrected chi connectivity index (χ4v) is 3.40. The standard InChI is InChI=1S/C24H22BrF3O3/c1-2-29-19-13-11-17(12-14-19)22(24(26,27)28)16-30-23(25)18-7-6-10-21(15-18)31-20-8-4-3-5-9-20/h3-15,22-23H,2,16H2,1H3/t22-,23-/m1/s1. The number of ether oxygens (including phenoxy) is 3. The van der Waals surface area contributed by atoms with Gasteiger partial charge in [-0.1, -0.05) is 58.4 Å². The third kappa shape index (κ3) is 6.74. The lowest BCUT2D eigenvalue weighted by Gasteiger charge is -2.23. The quantitative estimate of drug-likeness (QED) is 0.286. The van der Waals surface area contributed by atoms with E-state index in [1.165, 1.54) is 24.3 Å². The van der Waals surface area contributed by atoms with E-state index in [1.54, 1.807) is 24.3 Å². The Kier molecular flexibility index (Phi) is 7.98. The summed E-state index contributed by atoms with van der Waals surface area (Å²) in [5.74, 6) is 0.00336. The zero-order chi connectivity index (χ0) is 22.3. The molecule has 0 fully saturated rings. The molecule has 0 aliphatic rings. The van der Waals surface area contributed by atoms with Crippen LogP contribution < -0.4 is 9.47 Å². The number of benzene rings is 3. The summed E-state index contributed by atoms with van der Waals surface area (Å²) in [7, 11) is 0. The largest absolute Gasteiger partial charge is 0.494 e. The Morgan fingerprint density at radius 1 is 0.806 bits per heavy atom. The van der Waals surface area contributed by atoms with Crippen molar-refractivity contribution >= 4 is 15.9 Å². The number of hydrogen-bond acceptors (Lipinski definition) is 3. The van der Waals surface area contributed by atoms with E-state index in [-0.39, 0.29) is 5.56 Å². The van der Waals surface area contributed by atoms with E-state index in [9.17, 15) is 13.2 Å². The fraction of sp³-hybridized carbons (Fsp3) is 0.250. The Labute approximate surface area is 187 Å². The Morgan fingerprint density at radius 3 is 2.13 bits per heavy atom. The van der Waals surface area contributed by atoms with Gasteiger partial charge in [-0.2, -0.15) is 13.2 Å². The van der Waals surface area contributed by atoms with Crippen molar-refractivity contribution in [2.24, 2.45) is 0 Å². The molecule has 0 aromatic heterocycles. The van der Waals surface area contributed by atoms with Crippen LogP contribution in [-0.2, 0) is 4.74 Å². The van der Waals surface area contributed by atoms with Gasteiger partial charge < -0.3 is 14.2 Å². The van der Waals surface area contributed by atoms with Crippen LogP contribution in [-0.4, -0.2) is 19.4 Å². The first kappa shape index (κ1) is 23.2. The normalized spacial score (nSPS) is 13.5. The van der Waals surface area contributed by atoms with Crippen molar-refractivity contribution in [2.75, 3.05) is 13.2 Å². The van der Waals surface area contributed by atoms with Gasteiger partial charge in [-0.05, 0) is 54.4 Å². The van der Waals surface area contributed by atoms with Crippen LogP contribution in [0.15, 0.2) is 78.9 Å². The lowest BCUT2D eigenvalue weighted by atomic mass is 9.99. The first-order valence-corrected chi connectivity index (χ1v) is 10.7. The molecular weight excluding hydrogens is 473 g/mol. The molecule has 0 unspecified atom stereocenters. The molecule has 164 valence electrons. The molecule has 0 N–H and O–H groups in total. The zero-order valence-corrected chi connectivity index (χ0v) is 18.4. The van der Waals surface area contributed by atoms with E-state index in [2.05, 4.69) is 15.9 Å². The molecule has 7 heteroatoms. The topological polar surface area (TPSA) is 27.7 Å². The van der Waals surface area contributed by atoms with Crippen molar-refractivity contribution in [1.82, 2.24) is 0 Å². The highest BCUT2D eigenvalue weighted by Crippen LogP contribution is 2.38. The molecule has 0 aliphatic carbocycles. The van der Waals surface area contributed by atoms with Gasteiger partial charge in [0.25, 0.3) is 0 Å². The first-order valence-electron chi connectivity index (χ1n) is 9.75. The van der Waals surface area contributed by atoms with E-state index in [0.717, 1.165) is 0 Å². The van der Waals surface area contributed by atoms with Crippen LogP contribution in [0.25, 0.3) is 0 Å². The average molecular weight is 495 g/mol. The number of hydrogen-bond donors (Lipinski definition) is 0. The first-order chi connectivity index (χ1) is 14.9. The third-order valence-electron chi connectivity index (χ3n) is 4.50. The summed E-state index contributed by atoms with van der Waals surface area (Å²) < 4.78 is 57.7. The molecule has 0 bridgehead atoms. The Hall–Kier alpha value is -2.51. The molecular formula is C24H22BrF3O3. The van der Waals surface area contributed by atoms with E-state index in [1.807, 2.05) is 37.3 Å². The molecule has 0 saturated carbocycles. The minimum Gasteiger partial charge on any atom is -0.494 e. The van der Waals surface area contributed by atoms with Crippen LogP contribution in [0, 0.1) is 0 Å². The Bertz CT molecular complexity index is 946. The summed E-state index contributed by atoms with van der Waals surface area (Å²) >= 11 is 3.34. The Balaban J connectivity index is 1.68. The molecule has 3 rings (SSSR count). The molecule has 0 amide bonds. The predicted molar refractivity (Wildman–Crippen MR) is 117 cm³/mol. The molecule has 31 heavy (non-hydrogen) atoms. The lowest BCUT2D eigenvalue weighted by Crippen LogP contribution is -2.25. The van der Waals surface area contributed by atoms with Crippen molar-refractivity contribution in [3.05, 3.63) is 90.0 Å². The number of rotatable bonds is 9. The van der Waals surface area contributed by atoms with Gasteiger partial charge in [0.05, 0.1) is 13.2 Å². The van der Waals surface area contributed by atoms with Gasteiger partial charge in [-0.3, -0.25) is 0 Å². The molecule has 0 saturated heterocycles. The second-order valence-corrected chi connectivity index (χ2v) is 7.56. The molecule has 0 spiro atoms. The third-order valence-corrected chi connectivity index (χ3v) is 5.29. The summed E-state index contributed by atoms with van der Waals surface area (Å²) in [6.07, 6.45) is -4.45. The van der Waals surface area contributed by atoms with Crippen molar-refractivity contribution in [3.8, 4) is 17.2 Å². The highest BCUT2D eigenvalue weighted by atomic mass is 79.9. The maximum atomic E-state index is 13.7. The van der Waals surface area contributed by atoms with E-state index in [0.29, 0.717) is 29.4 Å². The zero-order valence-electron chi connectivity index (χ0n) is 16.8. The van der Waals surface area contributed by atoms with Crippen LogP contribution in [0.3, 0.4) is 0 Å². The second kappa shape index (κ2) is 10.7. The van der Waals surface area contributed by atoms with Crippen LogP contribution in [0.1, 0.15) is 29.0 Å². The second-order valence-electron chi connectivity index (χ2n) is 6.73. The molecule has 0 aliphatic heterocycles. The van der Waals surface area contributed by atoms with Gasteiger partial charge in [-0.25, -0.2) is 0 Å². The lowest BCUT2D eigenvalue weighted by molar-refractivity contribution is -0.163. The minimum atomic E-state index is -4.45. The highest BCUT2D eigenvalue weighted by molar-refractivity contribution is 9.09. The van der Waals surface area contributed by atoms with Crippen molar-refractivity contribution in [3.63, 3.8) is 0 Å². The number of para-hydroxylation sites is 1. The van der Waals surface area contributed by atoms with E-state index < -0.39 is 23.7 Å². The monoisotopic (exact) mass is 494 g/mol. The summed E-state index contributed by atoms with van der Waals surface area (Å²) in [4.78, 5) is 0. The predicted octanol–water partition coefficient (Wildman–Crippen LogP) is 7.63. The van der Waals surface area contributed by atoms with Gasteiger partial charge in [0, 0.05) is 0 Å². The highest BCUT2D eigenvalue weighted by Gasteiger charge is 2.41. The Morgan fingerprint density at radius 2 is 1.48 bits per heavy atom. The van der Waals surface area contributed by atoms with Gasteiger partial charge in [-0.15, -0.1) is 0 Å². The van der Waals surface area contributed by atoms with Crippen molar-refractivity contribution in [2.45, 2.75) is 24.0 Å².